The maximum absolute atomic E-state index is 3.56. The second kappa shape index (κ2) is 6.17. The SMILES string of the molecule is CCNC(CC)c1ccc(N2CC3CCCC3C2)cc1. The minimum atomic E-state index is 0.506. The molecule has 2 aliphatic rings. The third kappa shape index (κ3) is 2.71. The van der Waals surface area contributed by atoms with E-state index in [4.69, 9.17) is 0 Å². The van der Waals surface area contributed by atoms with Gasteiger partial charge in [0, 0.05) is 24.8 Å². The third-order valence-electron chi connectivity index (χ3n) is 5.25. The van der Waals surface area contributed by atoms with Crippen molar-refractivity contribution in [3.05, 3.63) is 29.8 Å². The van der Waals surface area contributed by atoms with E-state index in [9.17, 15) is 0 Å². The predicted octanol–water partition coefficient (Wildman–Crippen LogP) is 3.98. The number of nitrogens with one attached hydrogen (secondary N) is 1. The van der Waals surface area contributed by atoms with Gasteiger partial charge in [-0.1, -0.05) is 32.4 Å². The fraction of sp³-hybridized carbons (Fsp3) is 0.667. The molecule has 3 atom stereocenters. The molecule has 0 amide bonds. The summed E-state index contributed by atoms with van der Waals surface area (Å²) in [6.07, 6.45) is 5.53. The van der Waals surface area contributed by atoms with Gasteiger partial charge in [-0.2, -0.15) is 0 Å². The Morgan fingerprint density at radius 3 is 2.30 bits per heavy atom. The van der Waals surface area contributed by atoms with Crippen molar-refractivity contribution in [2.24, 2.45) is 11.8 Å². The van der Waals surface area contributed by atoms with Crippen LogP contribution in [0.15, 0.2) is 24.3 Å². The van der Waals surface area contributed by atoms with Gasteiger partial charge in [0.05, 0.1) is 0 Å². The smallest absolute Gasteiger partial charge is 0.0366 e. The summed E-state index contributed by atoms with van der Waals surface area (Å²) in [6.45, 7) is 8.04. The number of hydrogen-bond acceptors (Lipinski definition) is 2. The highest BCUT2D eigenvalue weighted by Crippen LogP contribution is 2.39. The number of fused-ring (bicyclic) bond motifs is 1. The fourth-order valence-corrected chi connectivity index (χ4v) is 4.11. The van der Waals surface area contributed by atoms with Gasteiger partial charge in [-0.25, -0.2) is 0 Å². The second-order valence-electron chi connectivity index (χ2n) is 6.47. The average Bonchev–Trinajstić information content (AvgIpc) is 3.06. The van der Waals surface area contributed by atoms with Gasteiger partial charge in [-0.15, -0.1) is 0 Å². The molecule has 0 aromatic heterocycles. The highest BCUT2D eigenvalue weighted by Gasteiger charge is 2.35. The molecular weight excluding hydrogens is 244 g/mol. The quantitative estimate of drug-likeness (QED) is 0.872. The molecule has 2 heteroatoms. The Kier molecular flexibility index (Phi) is 4.30. The van der Waals surface area contributed by atoms with Crippen molar-refractivity contribution < 1.29 is 0 Å². The van der Waals surface area contributed by atoms with Crippen LogP contribution in [0.3, 0.4) is 0 Å². The molecule has 0 radical (unpaired) electrons. The summed E-state index contributed by atoms with van der Waals surface area (Å²) in [5.41, 5.74) is 2.85. The van der Waals surface area contributed by atoms with Crippen molar-refractivity contribution in [2.45, 2.75) is 45.6 Å². The Morgan fingerprint density at radius 1 is 1.10 bits per heavy atom. The monoisotopic (exact) mass is 272 g/mol. The number of hydrogen-bond donors (Lipinski definition) is 1. The molecule has 20 heavy (non-hydrogen) atoms. The first-order chi connectivity index (χ1) is 9.81. The normalized spacial score (nSPS) is 26.8. The summed E-state index contributed by atoms with van der Waals surface area (Å²) >= 11 is 0. The molecule has 1 aromatic carbocycles. The van der Waals surface area contributed by atoms with E-state index >= 15 is 0 Å². The van der Waals surface area contributed by atoms with Gasteiger partial charge < -0.3 is 10.2 Å². The van der Waals surface area contributed by atoms with Crippen LogP contribution >= 0.6 is 0 Å². The van der Waals surface area contributed by atoms with Crippen LogP contribution in [0, 0.1) is 11.8 Å². The lowest BCUT2D eigenvalue weighted by molar-refractivity contribution is 0.494. The van der Waals surface area contributed by atoms with E-state index in [1.54, 1.807) is 0 Å². The first-order valence-electron chi connectivity index (χ1n) is 8.40. The van der Waals surface area contributed by atoms with Crippen LogP contribution in [0.25, 0.3) is 0 Å². The van der Waals surface area contributed by atoms with E-state index in [0.717, 1.165) is 24.8 Å². The number of anilines is 1. The van der Waals surface area contributed by atoms with Crippen LogP contribution in [-0.2, 0) is 0 Å². The van der Waals surface area contributed by atoms with Gasteiger partial charge in [0.25, 0.3) is 0 Å². The number of benzene rings is 1. The van der Waals surface area contributed by atoms with Crippen molar-refractivity contribution in [2.75, 3.05) is 24.5 Å². The van der Waals surface area contributed by atoms with E-state index in [1.807, 2.05) is 0 Å². The van der Waals surface area contributed by atoms with Crippen LogP contribution < -0.4 is 10.2 Å². The molecule has 1 N–H and O–H groups in total. The molecule has 0 bridgehead atoms. The molecule has 1 saturated heterocycles. The second-order valence-corrected chi connectivity index (χ2v) is 6.47. The maximum Gasteiger partial charge on any atom is 0.0366 e. The van der Waals surface area contributed by atoms with Crippen LogP contribution in [0.2, 0.25) is 0 Å². The lowest BCUT2D eigenvalue weighted by Gasteiger charge is -2.21. The molecule has 1 aromatic rings. The Labute approximate surface area is 123 Å². The molecule has 2 fully saturated rings. The van der Waals surface area contributed by atoms with Crippen molar-refractivity contribution in [3.8, 4) is 0 Å². The van der Waals surface area contributed by atoms with Gasteiger partial charge in [-0.05, 0) is 55.3 Å². The molecular formula is C18H28N2. The van der Waals surface area contributed by atoms with E-state index in [1.165, 1.54) is 43.6 Å². The minimum Gasteiger partial charge on any atom is -0.371 e. The van der Waals surface area contributed by atoms with E-state index in [0.29, 0.717) is 6.04 Å². The zero-order chi connectivity index (χ0) is 13.9. The van der Waals surface area contributed by atoms with E-state index in [-0.39, 0.29) is 0 Å². The zero-order valence-corrected chi connectivity index (χ0v) is 12.9. The summed E-state index contributed by atoms with van der Waals surface area (Å²) in [5, 5.41) is 3.56. The van der Waals surface area contributed by atoms with Gasteiger partial charge in [0.2, 0.25) is 0 Å². The van der Waals surface area contributed by atoms with E-state index < -0.39 is 0 Å². The molecule has 1 aliphatic carbocycles. The summed E-state index contributed by atoms with van der Waals surface area (Å²) in [7, 11) is 0. The highest BCUT2D eigenvalue weighted by atomic mass is 15.2. The molecule has 1 heterocycles. The first-order valence-corrected chi connectivity index (χ1v) is 8.40. The Bertz CT molecular complexity index is 414. The van der Waals surface area contributed by atoms with Crippen molar-refractivity contribution in [1.29, 1.82) is 0 Å². The van der Waals surface area contributed by atoms with Crippen LogP contribution in [0.4, 0.5) is 5.69 Å². The molecule has 110 valence electrons. The Hall–Kier alpha value is -1.02. The molecule has 1 aliphatic heterocycles. The molecule has 3 unspecified atom stereocenters. The summed E-state index contributed by atoms with van der Waals surface area (Å²) < 4.78 is 0. The first kappa shape index (κ1) is 13.9. The van der Waals surface area contributed by atoms with Crippen molar-refractivity contribution in [1.82, 2.24) is 5.32 Å². The van der Waals surface area contributed by atoms with Crippen molar-refractivity contribution in [3.63, 3.8) is 0 Å². The maximum atomic E-state index is 3.56. The average molecular weight is 272 g/mol. The molecule has 2 nitrogen and oxygen atoms in total. The Morgan fingerprint density at radius 2 is 1.75 bits per heavy atom. The van der Waals surface area contributed by atoms with Gasteiger partial charge in [0.15, 0.2) is 0 Å². The summed E-state index contributed by atoms with van der Waals surface area (Å²) in [4.78, 5) is 2.60. The molecule has 1 saturated carbocycles. The topological polar surface area (TPSA) is 15.3 Å². The molecule has 0 spiro atoms. The number of rotatable bonds is 5. The highest BCUT2D eigenvalue weighted by molar-refractivity contribution is 5.49. The lowest BCUT2D eigenvalue weighted by atomic mass is 10.0. The van der Waals surface area contributed by atoms with Crippen molar-refractivity contribution >= 4 is 5.69 Å². The zero-order valence-electron chi connectivity index (χ0n) is 12.9. The number of nitrogens with zero attached hydrogens (tertiary/aromatic N) is 1. The van der Waals surface area contributed by atoms with Crippen LogP contribution in [0.1, 0.15) is 51.1 Å². The van der Waals surface area contributed by atoms with Gasteiger partial charge >= 0.3 is 0 Å². The third-order valence-corrected chi connectivity index (χ3v) is 5.25. The van der Waals surface area contributed by atoms with Crippen LogP contribution in [0.5, 0.6) is 0 Å². The molecule has 3 rings (SSSR count). The minimum absolute atomic E-state index is 0.506. The van der Waals surface area contributed by atoms with E-state index in [2.05, 4.69) is 48.3 Å². The van der Waals surface area contributed by atoms with Gasteiger partial charge in [0.1, 0.15) is 0 Å². The van der Waals surface area contributed by atoms with Gasteiger partial charge in [-0.3, -0.25) is 0 Å². The largest absolute Gasteiger partial charge is 0.371 e. The summed E-state index contributed by atoms with van der Waals surface area (Å²) in [5.74, 6) is 1.94. The standard InChI is InChI=1S/C18H28N2/c1-3-18(19-4-2)14-8-10-17(11-9-14)20-12-15-6-5-7-16(15)13-20/h8-11,15-16,18-19H,3-7,12-13H2,1-2H3. The predicted molar refractivity (Wildman–Crippen MR) is 86.2 cm³/mol. The fourth-order valence-electron chi connectivity index (χ4n) is 4.11. The van der Waals surface area contributed by atoms with Crippen LogP contribution in [-0.4, -0.2) is 19.6 Å². The Balaban J connectivity index is 1.67. The lowest BCUT2D eigenvalue weighted by Crippen LogP contribution is -2.22. The summed E-state index contributed by atoms with van der Waals surface area (Å²) in [6, 6.07) is 9.81.